The molecular weight excluding hydrogens is 354 g/mol. The van der Waals surface area contributed by atoms with Crippen molar-refractivity contribution >= 4 is 0 Å². The first-order valence-electron chi connectivity index (χ1n) is 9.33. The number of aryl methyl sites for hydroxylation is 1. The second-order valence-electron chi connectivity index (χ2n) is 6.84. The van der Waals surface area contributed by atoms with Crippen LogP contribution in [0.4, 0.5) is 8.78 Å². The molecule has 3 aromatic rings. The Morgan fingerprint density at radius 2 is 1.57 bits per heavy atom. The van der Waals surface area contributed by atoms with Gasteiger partial charge in [-0.05, 0) is 60.8 Å². The Morgan fingerprint density at radius 3 is 2.29 bits per heavy atom. The van der Waals surface area contributed by atoms with Gasteiger partial charge >= 0.3 is 0 Å². The normalized spacial score (nSPS) is 10.8. The minimum Gasteiger partial charge on any atom is -0.295 e. The van der Waals surface area contributed by atoms with E-state index in [9.17, 15) is 8.78 Å². The molecule has 0 aromatic heterocycles. The minimum atomic E-state index is -0.431. The Bertz CT molecular complexity index is 931. The molecule has 0 amide bonds. The Kier molecular flexibility index (Phi) is 6.89. The van der Waals surface area contributed by atoms with E-state index >= 15 is 0 Å². The molecule has 0 radical (unpaired) electrons. The molecule has 0 fully saturated rings. The van der Waals surface area contributed by atoms with E-state index in [0.29, 0.717) is 24.2 Å². The molecule has 3 rings (SSSR count). The molecule has 0 heterocycles. The quantitative estimate of drug-likeness (QED) is 0.521. The summed E-state index contributed by atoms with van der Waals surface area (Å²) in [6.45, 7) is 1.69. The largest absolute Gasteiger partial charge is 0.295 e. The predicted molar refractivity (Wildman–Crippen MR) is 106 cm³/mol. The Balaban J connectivity index is 1.70. The van der Waals surface area contributed by atoms with Crippen LogP contribution in [0.15, 0.2) is 72.8 Å². The molecule has 0 aliphatic rings. The van der Waals surface area contributed by atoms with Gasteiger partial charge in [-0.25, -0.2) is 8.78 Å². The number of rotatable bonds is 8. The first kappa shape index (κ1) is 19.7. The third-order valence-electron chi connectivity index (χ3n) is 4.67. The van der Waals surface area contributed by atoms with Crippen molar-refractivity contribution in [2.45, 2.75) is 25.9 Å². The van der Waals surface area contributed by atoms with E-state index in [-0.39, 0.29) is 0 Å². The van der Waals surface area contributed by atoms with Crippen molar-refractivity contribution in [3.8, 4) is 6.07 Å². The number of benzene rings is 3. The number of nitriles is 1. The van der Waals surface area contributed by atoms with Crippen LogP contribution in [0, 0.1) is 23.0 Å². The van der Waals surface area contributed by atoms with Gasteiger partial charge < -0.3 is 0 Å². The average Bonchev–Trinajstić information content (AvgIpc) is 2.72. The Labute approximate surface area is 164 Å². The van der Waals surface area contributed by atoms with Gasteiger partial charge in [0.05, 0.1) is 11.6 Å². The zero-order chi connectivity index (χ0) is 19.8. The van der Waals surface area contributed by atoms with Crippen LogP contribution in [0.25, 0.3) is 0 Å². The SMILES string of the molecule is N#Cc1ccc(CN(CCCc2ccccc2)Cc2cc(F)ccc2F)cc1. The van der Waals surface area contributed by atoms with Gasteiger partial charge in [-0.15, -0.1) is 0 Å². The van der Waals surface area contributed by atoms with Gasteiger partial charge in [0, 0.05) is 18.7 Å². The monoisotopic (exact) mass is 376 g/mol. The number of hydrogen-bond donors (Lipinski definition) is 0. The third kappa shape index (κ3) is 5.73. The van der Waals surface area contributed by atoms with Crippen LogP contribution in [0.2, 0.25) is 0 Å². The molecule has 3 aromatic carbocycles. The molecule has 0 saturated carbocycles. The number of hydrogen-bond acceptors (Lipinski definition) is 2. The predicted octanol–water partition coefficient (Wildman–Crippen LogP) is 5.47. The van der Waals surface area contributed by atoms with Crippen molar-refractivity contribution in [3.05, 3.63) is 107 Å². The third-order valence-corrected chi connectivity index (χ3v) is 4.67. The summed E-state index contributed by atoms with van der Waals surface area (Å²) in [7, 11) is 0. The van der Waals surface area contributed by atoms with Gasteiger partial charge in [0.2, 0.25) is 0 Å². The lowest BCUT2D eigenvalue weighted by Crippen LogP contribution is -2.25. The average molecular weight is 376 g/mol. The summed E-state index contributed by atoms with van der Waals surface area (Å²) in [4.78, 5) is 2.11. The van der Waals surface area contributed by atoms with Crippen LogP contribution in [-0.2, 0) is 19.5 Å². The molecule has 28 heavy (non-hydrogen) atoms. The van der Waals surface area contributed by atoms with Crippen molar-refractivity contribution in [1.82, 2.24) is 4.90 Å². The summed E-state index contributed by atoms with van der Waals surface area (Å²) in [6, 6.07) is 23.3. The maximum absolute atomic E-state index is 14.1. The zero-order valence-corrected chi connectivity index (χ0v) is 15.6. The number of halogens is 2. The van der Waals surface area contributed by atoms with E-state index in [1.165, 1.54) is 17.7 Å². The molecule has 0 atom stereocenters. The van der Waals surface area contributed by atoms with Gasteiger partial charge in [-0.3, -0.25) is 4.90 Å². The Hall–Kier alpha value is -3.03. The van der Waals surface area contributed by atoms with Gasteiger partial charge in [0.25, 0.3) is 0 Å². The van der Waals surface area contributed by atoms with Crippen LogP contribution in [0.1, 0.15) is 28.7 Å². The molecule has 0 N–H and O–H groups in total. The van der Waals surface area contributed by atoms with Crippen molar-refractivity contribution in [3.63, 3.8) is 0 Å². The van der Waals surface area contributed by atoms with Crippen molar-refractivity contribution in [1.29, 1.82) is 5.26 Å². The molecule has 0 aliphatic carbocycles. The second-order valence-corrected chi connectivity index (χ2v) is 6.84. The van der Waals surface area contributed by atoms with Crippen LogP contribution in [0.3, 0.4) is 0 Å². The molecule has 0 aliphatic heterocycles. The molecule has 2 nitrogen and oxygen atoms in total. The van der Waals surface area contributed by atoms with E-state index in [1.807, 2.05) is 30.3 Å². The van der Waals surface area contributed by atoms with Gasteiger partial charge in [-0.1, -0.05) is 42.5 Å². The lowest BCUT2D eigenvalue weighted by Gasteiger charge is -2.23. The van der Waals surface area contributed by atoms with E-state index in [1.54, 1.807) is 12.1 Å². The van der Waals surface area contributed by atoms with Gasteiger partial charge in [0.15, 0.2) is 0 Å². The molecule has 0 saturated heterocycles. The van der Waals surface area contributed by atoms with Crippen molar-refractivity contribution in [2.24, 2.45) is 0 Å². The summed E-state index contributed by atoms with van der Waals surface area (Å²) in [5.41, 5.74) is 3.26. The molecule has 0 spiro atoms. The summed E-state index contributed by atoms with van der Waals surface area (Å²) >= 11 is 0. The highest BCUT2D eigenvalue weighted by Crippen LogP contribution is 2.16. The number of nitrogens with zero attached hydrogens (tertiary/aromatic N) is 2. The summed E-state index contributed by atoms with van der Waals surface area (Å²) in [6.07, 6.45) is 1.84. The van der Waals surface area contributed by atoms with Crippen LogP contribution >= 0.6 is 0 Å². The van der Waals surface area contributed by atoms with Crippen LogP contribution in [-0.4, -0.2) is 11.4 Å². The summed E-state index contributed by atoms with van der Waals surface area (Å²) in [5, 5.41) is 8.95. The molecule has 4 heteroatoms. The highest BCUT2D eigenvalue weighted by Gasteiger charge is 2.12. The smallest absolute Gasteiger partial charge is 0.127 e. The maximum Gasteiger partial charge on any atom is 0.127 e. The zero-order valence-electron chi connectivity index (χ0n) is 15.6. The highest BCUT2D eigenvalue weighted by atomic mass is 19.1. The van der Waals surface area contributed by atoms with Crippen LogP contribution < -0.4 is 0 Å². The van der Waals surface area contributed by atoms with E-state index in [0.717, 1.165) is 31.0 Å². The fourth-order valence-corrected chi connectivity index (χ4v) is 3.21. The highest BCUT2D eigenvalue weighted by molar-refractivity contribution is 5.31. The Morgan fingerprint density at radius 1 is 0.821 bits per heavy atom. The molecule has 0 bridgehead atoms. The van der Waals surface area contributed by atoms with E-state index < -0.39 is 11.6 Å². The van der Waals surface area contributed by atoms with E-state index in [4.69, 9.17) is 5.26 Å². The van der Waals surface area contributed by atoms with Crippen LogP contribution in [0.5, 0.6) is 0 Å². The molecular formula is C24H22F2N2. The van der Waals surface area contributed by atoms with Crippen molar-refractivity contribution < 1.29 is 8.78 Å². The minimum absolute atomic E-state index is 0.332. The fourth-order valence-electron chi connectivity index (χ4n) is 3.21. The first-order valence-corrected chi connectivity index (χ1v) is 9.33. The first-order chi connectivity index (χ1) is 13.6. The molecule has 142 valence electrons. The topological polar surface area (TPSA) is 27.0 Å². The maximum atomic E-state index is 14.1. The lowest BCUT2D eigenvalue weighted by molar-refractivity contribution is 0.249. The fraction of sp³-hybridized carbons (Fsp3) is 0.208. The second kappa shape index (κ2) is 9.77. The summed E-state index contributed by atoms with van der Waals surface area (Å²) < 4.78 is 27.7. The van der Waals surface area contributed by atoms with E-state index in [2.05, 4.69) is 23.1 Å². The van der Waals surface area contributed by atoms with Crippen molar-refractivity contribution in [2.75, 3.05) is 6.54 Å². The van der Waals surface area contributed by atoms with Gasteiger partial charge in [0.1, 0.15) is 11.6 Å². The molecule has 0 unspecified atom stereocenters. The standard InChI is InChI=1S/C24H22F2N2/c25-23-12-13-24(26)22(15-23)18-28(14-4-7-19-5-2-1-3-6-19)17-21-10-8-20(16-27)9-11-21/h1-3,5-6,8-13,15H,4,7,14,17-18H2. The summed E-state index contributed by atoms with van der Waals surface area (Å²) in [5.74, 6) is -0.826. The lowest BCUT2D eigenvalue weighted by atomic mass is 10.1. The van der Waals surface area contributed by atoms with Gasteiger partial charge in [-0.2, -0.15) is 5.26 Å².